The van der Waals surface area contributed by atoms with Crippen LogP contribution in [0.3, 0.4) is 0 Å². The number of aryl methyl sites for hydroxylation is 1. The molecule has 1 unspecified atom stereocenters. The summed E-state index contributed by atoms with van der Waals surface area (Å²) in [6.07, 6.45) is 2.18. The van der Waals surface area contributed by atoms with Crippen LogP contribution in [0.15, 0.2) is 0 Å². The quantitative estimate of drug-likeness (QED) is 0.838. The molecule has 86 valence electrons. The van der Waals surface area contributed by atoms with Crippen molar-refractivity contribution in [3.8, 4) is 0 Å². The van der Waals surface area contributed by atoms with Gasteiger partial charge in [-0.3, -0.25) is 0 Å². The van der Waals surface area contributed by atoms with Gasteiger partial charge in [0.05, 0.1) is 10.7 Å². The molecule has 0 saturated carbocycles. The Morgan fingerprint density at radius 2 is 1.93 bits per heavy atom. The highest BCUT2D eigenvalue weighted by Gasteiger charge is 2.11. The molecule has 0 bridgehead atoms. The lowest BCUT2D eigenvalue weighted by atomic mass is 10.1. The number of hydrogen-bond acceptors (Lipinski definition) is 3. The molecule has 0 aliphatic rings. The lowest BCUT2D eigenvalue weighted by molar-refractivity contribution is 0.596. The van der Waals surface area contributed by atoms with Crippen molar-refractivity contribution in [3.05, 3.63) is 15.6 Å². The van der Waals surface area contributed by atoms with E-state index in [1.165, 1.54) is 15.6 Å². The van der Waals surface area contributed by atoms with Gasteiger partial charge in [-0.2, -0.15) is 0 Å². The topological polar surface area (TPSA) is 38.9 Å². The third-order valence-electron chi connectivity index (χ3n) is 2.46. The molecule has 0 radical (unpaired) electrons. The Morgan fingerprint density at radius 1 is 1.27 bits per heavy atom. The SMILES string of the molecule is Cc1nc(CC(C)C)sc1CC(C)CN. The maximum atomic E-state index is 5.64. The normalized spacial score (nSPS) is 13.5. The molecule has 0 spiro atoms. The van der Waals surface area contributed by atoms with Crippen LogP contribution in [0.5, 0.6) is 0 Å². The van der Waals surface area contributed by atoms with Gasteiger partial charge in [0.1, 0.15) is 0 Å². The van der Waals surface area contributed by atoms with E-state index < -0.39 is 0 Å². The van der Waals surface area contributed by atoms with Crippen LogP contribution in [0, 0.1) is 18.8 Å². The first-order valence-electron chi connectivity index (χ1n) is 5.68. The Labute approximate surface area is 96.9 Å². The molecule has 15 heavy (non-hydrogen) atoms. The van der Waals surface area contributed by atoms with Crippen molar-refractivity contribution in [3.63, 3.8) is 0 Å². The molecule has 1 rings (SSSR count). The van der Waals surface area contributed by atoms with E-state index >= 15 is 0 Å². The van der Waals surface area contributed by atoms with E-state index in [9.17, 15) is 0 Å². The van der Waals surface area contributed by atoms with Crippen molar-refractivity contribution in [2.45, 2.75) is 40.5 Å². The van der Waals surface area contributed by atoms with Crippen molar-refractivity contribution in [1.29, 1.82) is 0 Å². The molecule has 0 amide bonds. The van der Waals surface area contributed by atoms with Crippen LogP contribution < -0.4 is 5.73 Å². The molecular weight excluding hydrogens is 204 g/mol. The first-order valence-corrected chi connectivity index (χ1v) is 6.49. The van der Waals surface area contributed by atoms with Crippen LogP contribution in [0.1, 0.15) is 36.3 Å². The van der Waals surface area contributed by atoms with E-state index in [1.54, 1.807) is 0 Å². The smallest absolute Gasteiger partial charge is 0.0933 e. The van der Waals surface area contributed by atoms with Gasteiger partial charge in [-0.15, -0.1) is 11.3 Å². The van der Waals surface area contributed by atoms with Gasteiger partial charge >= 0.3 is 0 Å². The zero-order valence-electron chi connectivity index (χ0n) is 10.2. The Kier molecular flexibility index (Phi) is 4.74. The van der Waals surface area contributed by atoms with E-state index in [4.69, 9.17) is 5.73 Å². The van der Waals surface area contributed by atoms with E-state index in [0.29, 0.717) is 11.8 Å². The summed E-state index contributed by atoms with van der Waals surface area (Å²) in [6, 6.07) is 0. The lowest BCUT2D eigenvalue weighted by Gasteiger charge is -2.05. The number of thiazole rings is 1. The summed E-state index contributed by atoms with van der Waals surface area (Å²) in [5, 5.41) is 1.28. The van der Waals surface area contributed by atoms with Crippen molar-refractivity contribution in [2.24, 2.45) is 17.6 Å². The third kappa shape index (κ3) is 3.92. The molecule has 0 fully saturated rings. The van der Waals surface area contributed by atoms with Crippen LogP contribution in [-0.2, 0) is 12.8 Å². The van der Waals surface area contributed by atoms with Crippen molar-refractivity contribution in [2.75, 3.05) is 6.54 Å². The molecule has 0 aliphatic heterocycles. The fourth-order valence-electron chi connectivity index (χ4n) is 1.51. The molecule has 3 heteroatoms. The molecule has 1 aromatic heterocycles. The minimum absolute atomic E-state index is 0.566. The maximum absolute atomic E-state index is 5.64. The predicted molar refractivity (Wildman–Crippen MR) is 67.3 cm³/mol. The van der Waals surface area contributed by atoms with Crippen LogP contribution in [0.25, 0.3) is 0 Å². The second-order valence-electron chi connectivity index (χ2n) is 4.76. The average molecular weight is 226 g/mol. The van der Waals surface area contributed by atoms with Gasteiger partial charge in [0.2, 0.25) is 0 Å². The first kappa shape index (κ1) is 12.7. The highest BCUT2D eigenvalue weighted by Crippen LogP contribution is 2.23. The van der Waals surface area contributed by atoms with Crippen molar-refractivity contribution in [1.82, 2.24) is 4.98 Å². The maximum Gasteiger partial charge on any atom is 0.0933 e. The average Bonchev–Trinajstić information content (AvgIpc) is 2.45. The molecule has 0 aliphatic carbocycles. The Hall–Kier alpha value is -0.410. The Bertz CT molecular complexity index is 305. The van der Waals surface area contributed by atoms with E-state index in [1.807, 2.05) is 11.3 Å². The van der Waals surface area contributed by atoms with Crippen LogP contribution in [0.2, 0.25) is 0 Å². The van der Waals surface area contributed by atoms with E-state index in [0.717, 1.165) is 19.4 Å². The lowest BCUT2D eigenvalue weighted by Crippen LogP contribution is -2.12. The van der Waals surface area contributed by atoms with Gasteiger partial charge in [0, 0.05) is 11.3 Å². The zero-order valence-corrected chi connectivity index (χ0v) is 11.0. The van der Waals surface area contributed by atoms with Gasteiger partial charge in [-0.25, -0.2) is 4.98 Å². The van der Waals surface area contributed by atoms with Gasteiger partial charge in [-0.1, -0.05) is 20.8 Å². The van der Waals surface area contributed by atoms with Gasteiger partial charge < -0.3 is 5.73 Å². The number of rotatable bonds is 5. The molecule has 0 saturated heterocycles. The Balaban J connectivity index is 2.68. The minimum atomic E-state index is 0.566. The van der Waals surface area contributed by atoms with Crippen LogP contribution in [-0.4, -0.2) is 11.5 Å². The number of aromatic nitrogens is 1. The molecule has 1 aromatic rings. The highest BCUT2D eigenvalue weighted by molar-refractivity contribution is 7.11. The molecule has 1 atom stereocenters. The second-order valence-corrected chi connectivity index (χ2v) is 5.93. The second kappa shape index (κ2) is 5.61. The molecule has 1 heterocycles. The zero-order chi connectivity index (χ0) is 11.4. The summed E-state index contributed by atoms with van der Waals surface area (Å²) in [5.41, 5.74) is 6.85. The summed E-state index contributed by atoms with van der Waals surface area (Å²) in [5.74, 6) is 1.26. The number of hydrogen-bond donors (Lipinski definition) is 1. The summed E-state index contributed by atoms with van der Waals surface area (Å²) in [7, 11) is 0. The predicted octanol–water partition coefficient (Wildman–Crippen LogP) is 2.79. The molecule has 2 nitrogen and oxygen atoms in total. The summed E-state index contributed by atoms with van der Waals surface area (Å²) in [6.45, 7) is 9.54. The summed E-state index contributed by atoms with van der Waals surface area (Å²) < 4.78 is 0. The summed E-state index contributed by atoms with van der Waals surface area (Å²) >= 11 is 1.86. The molecule has 0 aromatic carbocycles. The van der Waals surface area contributed by atoms with E-state index in [-0.39, 0.29) is 0 Å². The molecular formula is C12H22N2S. The number of nitrogens with zero attached hydrogens (tertiary/aromatic N) is 1. The summed E-state index contributed by atoms with van der Waals surface area (Å²) in [4.78, 5) is 6.04. The Morgan fingerprint density at radius 3 is 2.47 bits per heavy atom. The largest absolute Gasteiger partial charge is 0.330 e. The fraction of sp³-hybridized carbons (Fsp3) is 0.750. The standard InChI is InChI=1S/C12H22N2S/c1-8(2)5-12-14-10(4)11(15-12)6-9(3)7-13/h8-9H,5-7,13H2,1-4H3. The van der Waals surface area contributed by atoms with Gasteiger partial charge in [0.25, 0.3) is 0 Å². The van der Waals surface area contributed by atoms with Crippen molar-refractivity contribution < 1.29 is 0 Å². The fourth-order valence-corrected chi connectivity index (χ4v) is 2.96. The number of nitrogens with two attached hydrogens (primary N) is 1. The van der Waals surface area contributed by atoms with Gasteiger partial charge in [0.15, 0.2) is 0 Å². The van der Waals surface area contributed by atoms with Crippen molar-refractivity contribution >= 4 is 11.3 Å². The van der Waals surface area contributed by atoms with Crippen LogP contribution in [0.4, 0.5) is 0 Å². The van der Waals surface area contributed by atoms with Crippen LogP contribution >= 0.6 is 11.3 Å². The first-order chi connectivity index (χ1) is 7.02. The molecule has 2 N–H and O–H groups in total. The third-order valence-corrected chi connectivity index (χ3v) is 3.66. The monoisotopic (exact) mass is 226 g/mol. The highest BCUT2D eigenvalue weighted by atomic mass is 32.1. The van der Waals surface area contributed by atoms with E-state index in [2.05, 4.69) is 32.7 Å². The minimum Gasteiger partial charge on any atom is -0.330 e. The van der Waals surface area contributed by atoms with Gasteiger partial charge in [-0.05, 0) is 31.7 Å².